The van der Waals surface area contributed by atoms with Crippen molar-refractivity contribution >= 4 is 0 Å². The Morgan fingerprint density at radius 2 is 0.941 bits per heavy atom. The highest BCUT2D eigenvalue weighted by molar-refractivity contribution is 5.63. The minimum absolute atomic E-state index is 1.28. The highest BCUT2D eigenvalue weighted by Gasteiger charge is 1.93. The Kier molecular flexibility index (Phi) is 8.77. The van der Waals surface area contributed by atoms with Crippen LogP contribution in [0.25, 0.3) is 11.1 Å². The maximum Gasteiger partial charge on any atom is -0.0184 e. The van der Waals surface area contributed by atoms with Crippen molar-refractivity contribution in [2.24, 2.45) is 0 Å². The standard InChI is InChI=1S/C13H12.2C2H6/c1-11-7-9-13(10-8-11)12-5-3-2-4-6-12;2*1-2/h2-10H,1H3;2*1-2H3. The highest BCUT2D eigenvalue weighted by Crippen LogP contribution is 2.18. The van der Waals surface area contributed by atoms with Crippen LogP contribution in [0.1, 0.15) is 33.3 Å². The van der Waals surface area contributed by atoms with Crippen molar-refractivity contribution in [3.63, 3.8) is 0 Å². The van der Waals surface area contributed by atoms with E-state index in [0.717, 1.165) is 0 Å². The third kappa shape index (κ3) is 5.35. The fourth-order valence-corrected chi connectivity index (χ4v) is 1.38. The van der Waals surface area contributed by atoms with Gasteiger partial charge in [0.1, 0.15) is 0 Å². The predicted octanol–water partition coefficient (Wildman–Crippen LogP) is 5.71. The number of hydrogen-bond donors (Lipinski definition) is 0. The van der Waals surface area contributed by atoms with Gasteiger partial charge < -0.3 is 0 Å². The molecule has 2 aromatic rings. The van der Waals surface area contributed by atoms with E-state index in [-0.39, 0.29) is 0 Å². The maximum atomic E-state index is 2.16. The second kappa shape index (κ2) is 9.65. The van der Waals surface area contributed by atoms with Crippen LogP contribution < -0.4 is 0 Å². The van der Waals surface area contributed by atoms with Gasteiger partial charge in [0.2, 0.25) is 0 Å². The Morgan fingerprint density at radius 1 is 0.529 bits per heavy atom. The second-order valence-electron chi connectivity index (χ2n) is 3.23. The summed E-state index contributed by atoms with van der Waals surface area (Å²) in [5.74, 6) is 0. The van der Waals surface area contributed by atoms with E-state index in [0.29, 0.717) is 0 Å². The van der Waals surface area contributed by atoms with Gasteiger partial charge in [-0.05, 0) is 18.1 Å². The van der Waals surface area contributed by atoms with Gasteiger partial charge in [0.05, 0.1) is 0 Å². The number of aryl methyl sites for hydroxylation is 1. The quantitative estimate of drug-likeness (QED) is 0.586. The van der Waals surface area contributed by atoms with E-state index < -0.39 is 0 Å². The van der Waals surface area contributed by atoms with Crippen molar-refractivity contribution in [1.29, 1.82) is 0 Å². The topological polar surface area (TPSA) is 0 Å². The van der Waals surface area contributed by atoms with E-state index in [1.165, 1.54) is 16.7 Å². The molecule has 2 rings (SSSR count). The largest absolute Gasteiger partial charge is 0.0683 e. The van der Waals surface area contributed by atoms with Gasteiger partial charge in [-0.3, -0.25) is 0 Å². The van der Waals surface area contributed by atoms with Crippen molar-refractivity contribution < 1.29 is 0 Å². The van der Waals surface area contributed by atoms with E-state index >= 15 is 0 Å². The van der Waals surface area contributed by atoms with Crippen LogP contribution in [0.5, 0.6) is 0 Å². The van der Waals surface area contributed by atoms with Gasteiger partial charge in [-0.2, -0.15) is 0 Å². The van der Waals surface area contributed by atoms with E-state index in [1.807, 2.05) is 33.8 Å². The molecule has 0 aliphatic rings. The first-order valence-corrected chi connectivity index (χ1v) is 6.48. The summed E-state index contributed by atoms with van der Waals surface area (Å²) < 4.78 is 0. The SMILES string of the molecule is CC.CC.Cc1ccc(-c2ccccc2)cc1. The molecule has 0 aromatic heterocycles. The first-order valence-electron chi connectivity index (χ1n) is 6.48. The molecule has 0 aliphatic heterocycles. The van der Waals surface area contributed by atoms with Crippen LogP contribution in [-0.4, -0.2) is 0 Å². The molecule has 0 N–H and O–H groups in total. The molecular weight excluding hydrogens is 204 g/mol. The van der Waals surface area contributed by atoms with Crippen LogP contribution in [0.4, 0.5) is 0 Å². The van der Waals surface area contributed by atoms with Crippen LogP contribution in [0.2, 0.25) is 0 Å². The average molecular weight is 228 g/mol. The molecule has 92 valence electrons. The summed E-state index contributed by atoms with van der Waals surface area (Å²) in [6.07, 6.45) is 0. The van der Waals surface area contributed by atoms with Crippen molar-refractivity contribution in [3.8, 4) is 11.1 Å². The third-order valence-electron chi connectivity index (χ3n) is 2.16. The lowest BCUT2D eigenvalue weighted by atomic mass is 10.0. The summed E-state index contributed by atoms with van der Waals surface area (Å²) in [7, 11) is 0. The molecule has 0 aliphatic carbocycles. The fraction of sp³-hybridized carbons (Fsp3) is 0.294. The second-order valence-corrected chi connectivity index (χ2v) is 3.23. The lowest BCUT2D eigenvalue weighted by molar-refractivity contribution is 1.47. The lowest BCUT2D eigenvalue weighted by Crippen LogP contribution is -1.76. The van der Waals surface area contributed by atoms with Crippen LogP contribution in [0.15, 0.2) is 54.6 Å². The molecule has 0 saturated heterocycles. The molecule has 0 radical (unpaired) electrons. The van der Waals surface area contributed by atoms with Crippen molar-refractivity contribution in [3.05, 3.63) is 60.2 Å². The molecule has 0 bridgehead atoms. The van der Waals surface area contributed by atoms with Gasteiger partial charge in [-0.25, -0.2) is 0 Å². The van der Waals surface area contributed by atoms with Crippen molar-refractivity contribution in [1.82, 2.24) is 0 Å². The molecule has 0 spiro atoms. The van der Waals surface area contributed by atoms with Crippen LogP contribution >= 0.6 is 0 Å². The molecule has 17 heavy (non-hydrogen) atoms. The molecule has 0 amide bonds. The minimum atomic E-state index is 1.28. The fourth-order valence-electron chi connectivity index (χ4n) is 1.38. The van der Waals surface area contributed by atoms with Crippen LogP contribution in [0, 0.1) is 6.92 Å². The molecule has 0 saturated carbocycles. The molecule has 0 unspecified atom stereocenters. The van der Waals surface area contributed by atoms with E-state index in [2.05, 4.69) is 55.5 Å². The Morgan fingerprint density at radius 3 is 1.41 bits per heavy atom. The molecular formula is C17H24. The minimum Gasteiger partial charge on any atom is -0.0683 e. The van der Waals surface area contributed by atoms with Gasteiger partial charge in [0.25, 0.3) is 0 Å². The van der Waals surface area contributed by atoms with E-state index in [1.54, 1.807) is 0 Å². The lowest BCUT2D eigenvalue weighted by Gasteiger charge is -2.00. The number of hydrogen-bond acceptors (Lipinski definition) is 0. The monoisotopic (exact) mass is 228 g/mol. The van der Waals surface area contributed by atoms with Gasteiger partial charge in [-0.1, -0.05) is 87.9 Å². The van der Waals surface area contributed by atoms with Gasteiger partial charge in [0.15, 0.2) is 0 Å². The summed E-state index contributed by atoms with van der Waals surface area (Å²) >= 11 is 0. The summed E-state index contributed by atoms with van der Waals surface area (Å²) in [4.78, 5) is 0. The Labute approximate surface area is 106 Å². The summed E-state index contributed by atoms with van der Waals surface area (Å²) in [6.45, 7) is 10.1. The van der Waals surface area contributed by atoms with Crippen LogP contribution in [0.3, 0.4) is 0 Å². The van der Waals surface area contributed by atoms with Gasteiger partial charge in [-0.15, -0.1) is 0 Å². The first kappa shape index (κ1) is 15.4. The molecule has 2 aromatic carbocycles. The zero-order valence-electron chi connectivity index (χ0n) is 11.7. The van der Waals surface area contributed by atoms with E-state index in [9.17, 15) is 0 Å². The molecule has 0 nitrogen and oxygen atoms in total. The predicted molar refractivity (Wildman–Crippen MR) is 79.3 cm³/mol. The Bertz CT molecular complexity index is 371. The zero-order valence-corrected chi connectivity index (χ0v) is 11.7. The van der Waals surface area contributed by atoms with Crippen molar-refractivity contribution in [2.75, 3.05) is 0 Å². The van der Waals surface area contributed by atoms with Crippen LogP contribution in [-0.2, 0) is 0 Å². The first-order chi connectivity index (χ1) is 8.36. The maximum absolute atomic E-state index is 2.16. The van der Waals surface area contributed by atoms with Gasteiger partial charge in [0, 0.05) is 0 Å². The molecule has 0 heteroatoms. The van der Waals surface area contributed by atoms with Crippen molar-refractivity contribution in [2.45, 2.75) is 34.6 Å². The third-order valence-corrected chi connectivity index (χ3v) is 2.16. The molecule has 0 atom stereocenters. The summed E-state index contributed by atoms with van der Waals surface area (Å²) in [5, 5.41) is 0. The van der Waals surface area contributed by atoms with Gasteiger partial charge >= 0.3 is 0 Å². The zero-order chi connectivity index (χ0) is 13.1. The highest BCUT2D eigenvalue weighted by atomic mass is 14.0. The van der Waals surface area contributed by atoms with E-state index in [4.69, 9.17) is 0 Å². The Balaban J connectivity index is 0.000000581. The molecule has 0 heterocycles. The average Bonchev–Trinajstić information content (AvgIpc) is 2.45. The smallest absolute Gasteiger partial charge is 0.0184 e. The Hall–Kier alpha value is -1.56. The number of benzene rings is 2. The molecule has 0 fully saturated rings. The number of rotatable bonds is 1. The summed E-state index contributed by atoms with van der Waals surface area (Å²) in [5.41, 5.74) is 3.87. The summed E-state index contributed by atoms with van der Waals surface area (Å²) in [6, 6.07) is 19.0. The normalized spacial score (nSPS) is 8.29.